The fraction of sp³-hybridized carbons (Fsp3) is 0.700. The van der Waals surface area contributed by atoms with Crippen molar-refractivity contribution in [3.8, 4) is 5.88 Å². The van der Waals surface area contributed by atoms with Crippen molar-refractivity contribution in [2.24, 2.45) is 0 Å². The molecule has 0 radical (unpaired) electrons. The van der Waals surface area contributed by atoms with Crippen molar-refractivity contribution in [2.45, 2.75) is 25.9 Å². The quantitative estimate of drug-likeness (QED) is 0.833. The summed E-state index contributed by atoms with van der Waals surface area (Å²) in [7, 11) is 5.54. The molecule has 5 heteroatoms. The largest absolute Gasteiger partial charge is 0.480 e. The minimum Gasteiger partial charge on any atom is -0.480 e. The number of hydrogen-bond acceptors (Lipinski definition) is 5. The number of aliphatic hydroxyl groups is 1. The molecule has 0 spiro atoms. The second kappa shape index (κ2) is 5.32. The van der Waals surface area contributed by atoms with E-state index < -0.39 is 0 Å². The summed E-state index contributed by atoms with van der Waals surface area (Å²) in [6.45, 7) is 1.79. The van der Waals surface area contributed by atoms with Gasteiger partial charge in [0.05, 0.1) is 18.1 Å². The Kier molecular flexibility index (Phi) is 4.35. The van der Waals surface area contributed by atoms with Crippen LogP contribution in [0.2, 0.25) is 0 Å². The molecule has 1 rings (SSSR count). The zero-order valence-corrected chi connectivity index (χ0v) is 10.5. The molecule has 1 aromatic heterocycles. The lowest BCUT2D eigenvalue weighted by molar-refractivity contribution is 0.185. The van der Waals surface area contributed by atoms with Crippen molar-refractivity contribution in [1.29, 1.82) is 0 Å². The van der Waals surface area contributed by atoms with Crippen molar-refractivity contribution in [1.82, 2.24) is 4.98 Å². The van der Waals surface area contributed by atoms with Gasteiger partial charge in [-0.3, -0.25) is 0 Å². The van der Waals surface area contributed by atoms with E-state index in [9.17, 15) is 5.11 Å². The van der Waals surface area contributed by atoms with Gasteiger partial charge in [0.25, 0.3) is 0 Å². The van der Waals surface area contributed by atoms with E-state index in [1.807, 2.05) is 19.0 Å². The zero-order valence-electron chi connectivity index (χ0n) is 9.65. The van der Waals surface area contributed by atoms with Crippen LogP contribution in [0.25, 0.3) is 0 Å². The lowest BCUT2D eigenvalue weighted by atomic mass is 10.2. The average molecular weight is 230 g/mol. The zero-order chi connectivity index (χ0) is 11.4. The molecule has 0 saturated carbocycles. The molecule has 0 aromatic carbocycles. The van der Waals surface area contributed by atoms with Crippen LogP contribution < -0.4 is 9.64 Å². The number of hydrogen-bond donors (Lipinski definition) is 1. The summed E-state index contributed by atoms with van der Waals surface area (Å²) in [5.41, 5.74) is 0. The highest BCUT2D eigenvalue weighted by Crippen LogP contribution is 2.31. The third kappa shape index (κ3) is 3.35. The van der Waals surface area contributed by atoms with E-state index in [1.165, 1.54) is 0 Å². The minimum absolute atomic E-state index is 0.278. The lowest BCUT2D eigenvalue weighted by Crippen LogP contribution is -2.07. The van der Waals surface area contributed by atoms with E-state index in [0.29, 0.717) is 5.88 Å². The Morgan fingerprint density at radius 2 is 2.20 bits per heavy atom. The predicted molar refractivity (Wildman–Crippen MR) is 63.0 cm³/mol. The number of aryl methyl sites for hydroxylation is 1. The standard InChI is InChI=1S/C10H18N2O2S/c1-7(13)5-6-8-9(14-4)11-10(15-8)12(2)3/h7,13H,5-6H2,1-4H3/t7-/m0/s1. The number of anilines is 1. The molecule has 0 bridgehead atoms. The Morgan fingerprint density at radius 3 is 2.67 bits per heavy atom. The van der Waals surface area contributed by atoms with E-state index in [2.05, 4.69) is 4.98 Å². The first-order valence-electron chi connectivity index (χ1n) is 4.93. The van der Waals surface area contributed by atoms with Gasteiger partial charge in [0.1, 0.15) is 0 Å². The highest BCUT2D eigenvalue weighted by atomic mass is 32.1. The maximum absolute atomic E-state index is 9.23. The lowest BCUT2D eigenvalue weighted by Gasteiger charge is -2.05. The molecule has 4 nitrogen and oxygen atoms in total. The maximum atomic E-state index is 9.23. The molecule has 0 aliphatic rings. The summed E-state index contributed by atoms with van der Waals surface area (Å²) < 4.78 is 5.20. The van der Waals surface area contributed by atoms with Gasteiger partial charge in [-0.25, -0.2) is 0 Å². The van der Waals surface area contributed by atoms with Crippen molar-refractivity contribution in [3.05, 3.63) is 4.88 Å². The van der Waals surface area contributed by atoms with E-state index in [4.69, 9.17) is 4.74 Å². The van der Waals surface area contributed by atoms with Gasteiger partial charge in [0.2, 0.25) is 5.88 Å². The SMILES string of the molecule is COc1nc(N(C)C)sc1CC[C@H](C)O. The summed E-state index contributed by atoms with van der Waals surface area (Å²) in [6, 6.07) is 0. The molecule has 0 amide bonds. The van der Waals surface area contributed by atoms with Gasteiger partial charge in [-0.15, -0.1) is 0 Å². The van der Waals surface area contributed by atoms with Crippen LogP contribution in [0.5, 0.6) is 5.88 Å². The third-order valence-corrected chi connectivity index (χ3v) is 3.28. The molecule has 1 heterocycles. The average Bonchev–Trinajstić information content (AvgIpc) is 2.57. The highest BCUT2D eigenvalue weighted by Gasteiger charge is 2.13. The number of ether oxygens (including phenoxy) is 1. The fourth-order valence-electron chi connectivity index (χ4n) is 1.17. The summed E-state index contributed by atoms with van der Waals surface area (Å²) >= 11 is 1.61. The monoisotopic (exact) mass is 230 g/mol. The van der Waals surface area contributed by atoms with Crippen molar-refractivity contribution < 1.29 is 9.84 Å². The van der Waals surface area contributed by atoms with Crippen LogP contribution in [0.15, 0.2) is 0 Å². The number of methoxy groups -OCH3 is 1. The number of nitrogens with zero attached hydrogens (tertiary/aromatic N) is 2. The van der Waals surface area contributed by atoms with Gasteiger partial charge < -0.3 is 14.7 Å². The molecule has 0 saturated heterocycles. The maximum Gasteiger partial charge on any atom is 0.229 e. The molecule has 0 unspecified atom stereocenters. The van der Waals surface area contributed by atoms with Crippen LogP contribution in [-0.2, 0) is 6.42 Å². The topological polar surface area (TPSA) is 45.6 Å². The highest BCUT2D eigenvalue weighted by molar-refractivity contribution is 7.15. The molecule has 0 aliphatic carbocycles. The Balaban J connectivity index is 2.76. The molecule has 1 N–H and O–H groups in total. The van der Waals surface area contributed by atoms with Crippen molar-refractivity contribution >= 4 is 16.5 Å². The Labute approximate surface area is 94.5 Å². The number of thiazole rings is 1. The third-order valence-electron chi connectivity index (χ3n) is 2.02. The van der Waals surface area contributed by atoms with E-state index in [-0.39, 0.29) is 6.10 Å². The van der Waals surface area contributed by atoms with Crippen LogP contribution in [0.3, 0.4) is 0 Å². The van der Waals surface area contributed by atoms with Gasteiger partial charge >= 0.3 is 0 Å². The van der Waals surface area contributed by atoms with Gasteiger partial charge in [0, 0.05) is 14.1 Å². The van der Waals surface area contributed by atoms with Crippen LogP contribution in [0.4, 0.5) is 5.13 Å². The Hall–Kier alpha value is -0.810. The van der Waals surface area contributed by atoms with Crippen molar-refractivity contribution in [2.75, 3.05) is 26.1 Å². The minimum atomic E-state index is -0.278. The van der Waals surface area contributed by atoms with Crippen LogP contribution in [0, 0.1) is 0 Å². The molecule has 15 heavy (non-hydrogen) atoms. The molecular formula is C10H18N2O2S. The second-order valence-electron chi connectivity index (χ2n) is 3.71. The second-order valence-corrected chi connectivity index (χ2v) is 4.77. The number of rotatable bonds is 5. The summed E-state index contributed by atoms with van der Waals surface area (Å²) in [5, 5.41) is 10.2. The summed E-state index contributed by atoms with van der Waals surface area (Å²) in [6.07, 6.45) is 1.28. The first kappa shape index (κ1) is 12.3. The molecule has 1 atom stereocenters. The van der Waals surface area contributed by atoms with E-state index in [1.54, 1.807) is 25.4 Å². The van der Waals surface area contributed by atoms with Gasteiger partial charge in [-0.05, 0) is 19.8 Å². The molecule has 86 valence electrons. The van der Waals surface area contributed by atoms with Crippen LogP contribution in [0.1, 0.15) is 18.2 Å². The van der Waals surface area contributed by atoms with E-state index in [0.717, 1.165) is 22.9 Å². The van der Waals surface area contributed by atoms with Gasteiger partial charge in [-0.2, -0.15) is 4.98 Å². The summed E-state index contributed by atoms with van der Waals surface area (Å²) in [4.78, 5) is 7.40. The Bertz CT molecular complexity index is 310. The van der Waals surface area contributed by atoms with Crippen LogP contribution >= 0.6 is 11.3 Å². The van der Waals surface area contributed by atoms with Gasteiger partial charge in [-0.1, -0.05) is 11.3 Å². The number of aliphatic hydroxyl groups excluding tert-OH is 1. The van der Waals surface area contributed by atoms with Gasteiger partial charge in [0.15, 0.2) is 5.13 Å². The first-order chi connectivity index (χ1) is 7.04. The van der Waals surface area contributed by atoms with E-state index >= 15 is 0 Å². The summed E-state index contributed by atoms with van der Waals surface area (Å²) in [5.74, 6) is 0.685. The first-order valence-corrected chi connectivity index (χ1v) is 5.75. The number of aromatic nitrogens is 1. The molecular weight excluding hydrogens is 212 g/mol. The molecule has 0 aliphatic heterocycles. The van der Waals surface area contributed by atoms with Crippen LogP contribution in [-0.4, -0.2) is 37.4 Å². The van der Waals surface area contributed by atoms with Crippen molar-refractivity contribution in [3.63, 3.8) is 0 Å². The smallest absolute Gasteiger partial charge is 0.229 e. The predicted octanol–water partition coefficient (Wildman–Crippen LogP) is 1.53. The normalized spacial score (nSPS) is 12.6. The molecule has 1 aromatic rings. The fourth-order valence-corrected chi connectivity index (χ4v) is 2.14. The Morgan fingerprint density at radius 1 is 1.53 bits per heavy atom. The molecule has 0 fully saturated rings.